The normalized spacial score (nSPS) is 13.1. The molecule has 1 N–H and O–H groups in total. The van der Waals surface area contributed by atoms with Gasteiger partial charge in [-0.1, -0.05) is 26.8 Å². The van der Waals surface area contributed by atoms with E-state index in [9.17, 15) is 14.7 Å². The third kappa shape index (κ3) is 4.06. The van der Waals surface area contributed by atoms with E-state index in [1.807, 2.05) is 24.4 Å². The second-order valence-electron chi connectivity index (χ2n) is 5.57. The van der Waals surface area contributed by atoms with Crippen molar-refractivity contribution in [2.24, 2.45) is 11.3 Å². The number of carbonyl (C=O) groups excluding carboxylic acids is 1. The maximum absolute atomic E-state index is 12.4. The number of aliphatic carboxylic acids is 1. The lowest BCUT2D eigenvalue weighted by atomic mass is 9.80. The fraction of sp³-hybridized carbons (Fsp3) is 0.571. The van der Waals surface area contributed by atoms with Gasteiger partial charge >= 0.3 is 5.97 Å². The number of carboxylic acid groups (broad SMARTS) is 1. The Balaban J connectivity index is 2.90. The van der Waals surface area contributed by atoms with E-state index in [1.54, 1.807) is 37.0 Å². The number of amides is 1. The molecule has 1 rings (SSSR count). The number of carbonyl (C=O) groups is 2. The molecule has 0 aliphatic carbocycles. The molecule has 19 heavy (non-hydrogen) atoms. The second-order valence-corrected chi connectivity index (χ2v) is 6.60. The highest BCUT2D eigenvalue weighted by atomic mass is 32.1. The molecular formula is C14H21NO3S. The Labute approximate surface area is 118 Å². The number of rotatable bonds is 5. The van der Waals surface area contributed by atoms with Crippen molar-refractivity contribution in [3.8, 4) is 0 Å². The maximum Gasteiger partial charge on any atom is 0.316 e. The molecule has 4 nitrogen and oxygen atoms in total. The van der Waals surface area contributed by atoms with Gasteiger partial charge < -0.3 is 10.0 Å². The van der Waals surface area contributed by atoms with E-state index in [0.717, 1.165) is 4.88 Å². The molecule has 0 aliphatic heterocycles. The zero-order chi connectivity index (χ0) is 14.6. The number of nitrogens with zero attached hydrogens (tertiary/aromatic N) is 1. The molecule has 0 fully saturated rings. The predicted molar refractivity (Wildman–Crippen MR) is 76.0 cm³/mol. The van der Waals surface area contributed by atoms with Gasteiger partial charge in [-0.05, 0) is 23.8 Å². The zero-order valence-corrected chi connectivity index (χ0v) is 12.7. The molecule has 1 heterocycles. The van der Waals surface area contributed by atoms with Crippen LogP contribution in [0.2, 0.25) is 0 Å². The summed E-state index contributed by atoms with van der Waals surface area (Å²) in [6.45, 7) is 8.20. The zero-order valence-electron chi connectivity index (χ0n) is 11.8. The van der Waals surface area contributed by atoms with Crippen LogP contribution in [0.5, 0.6) is 0 Å². The fourth-order valence-corrected chi connectivity index (χ4v) is 2.68. The molecular weight excluding hydrogens is 262 g/mol. The molecule has 0 radical (unpaired) electrons. The van der Waals surface area contributed by atoms with Crippen LogP contribution in [0, 0.1) is 11.3 Å². The first-order valence-corrected chi connectivity index (χ1v) is 7.19. The quantitative estimate of drug-likeness (QED) is 0.845. The van der Waals surface area contributed by atoms with Crippen LogP contribution in [0.1, 0.15) is 32.6 Å². The summed E-state index contributed by atoms with van der Waals surface area (Å²) in [4.78, 5) is 26.5. The summed E-state index contributed by atoms with van der Waals surface area (Å²) in [6, 6.07) is 3.88. The van der Waals surface area contributed by atoms with E-state index >= 15 is 0 Å². The third-order valence-electron chi connectivity index (χ3n) is 2.98. The van der Waals surface area contributed by atoms with Crippen molar-refractivity contribution < 1.29 is 14.7 Å². The molecule has 0 bridgehead atoms. The van der Waals surface area contributed by atoms with Gasteiger partial charge in [0.15, 0.2) is 0 Å². The van der Waals surface area contributed by atoms with Crippen LogP contribution < -0.4 is 0 Å². The summed E-state index contributed by atoms with van der Waals surface area (Å²) in [6.07, 6.45) is 0. The second kappa shape index (κ2) is 6.19. The minimum Gasteiger partial charge on any atom is -0.481 e. The van der Waals surface area contributed by atoms with Crippen LogP contribution in [-0.2, 0) is 16.1 Å². The smallest absolute Gasteiger partial charge is 0.316 e. The predicted octanol–water partition coefficient (Wildman–Crippen LogP) is 2.84. The molecule has 0 aliphatic rings. The fourth-order valence-electron chi connectivity index (χ4n) is 1.97. The lowest BCUT2D eigenvalue weighted by Gasteiger charge is -2.31. The Hall–Kier alpha value is -1.36. The first-order valence-electron chi connectivity index (χ1n) is 6.31. The van der Waals surface area contributed by atoms with E-state index in [1.165, 1.54) is 0 Å². The molecule has 0 saturated carbocycles. The van der Waals surface area contributed by atoms with Gasteiger partial charge in [0.2, 0.25) is 5.91 Å². The van der Waals surface area contributed by atoms with E-state index in [-0.39, 0.29) is 5.91 Å². The molecule has 0 spiro atoms. The van der Waals surface area contributed by atoms with Crippen molar-refractivity contribution in [1.29, 1.82) is 0 Å². The number of thiophene rings is 1. The third-order valence-corrected chi connectivity index (χ3v) is 3.84. The Morgan fingerprint density at radius 2 is 2.05 bits per heavy atom. The highest BCUT2D eigenvalue weighted by molar-refractivity contribution is 7.09. The van der Waals surface area contributed by atoms with Crippen LogP contribution in [0.15, 0.2) is 17.5 Å². The van der Waals surface area contributed by atoms with Gasteiger partial charge in [0, 0.05) is 11.4 Å². The van der Waals surface area contributed by atoms with Crippen LogP contribution in [0.4, 0.5) is 0 Å². The summed E-state index contributed by atoms with van der Waals surface area (Å²) >= 11 is 1.57. The van der Waals surface area contributed by atoms with E-state index in [2.05, 4.69) is 0 Å². The van der Waals surface area contributed by atoms with Crippen LogP contribution in [-0.4, -0.2) is 28.4 Å². The van der Waals surface area contributed by atoms with Gasteiger partial charge in [-0.3, -0.25) is 9.59 Å². The molecule has 1 aromatic rings. The molecule has 5 heteroatoms. The average Bonchev–Trinajstić information content (AvgIpc) is 2.75. The van der Waals surface area contributed by atoms with Crippen LogP contribution >= 0.6 is 11.3 Å². The van der Waals surface area contributed by atoms with E-state index < -0.39 is 17.3 Å². The molecule has 1 amide bonds. The lowest BCUT2D eigenvalue weighted by Crippen LogP contribution is -2.44. The standard InChI is InChI=1S/C14H21NO3S/c1-5-15(9-10-7-6-8-19-10)12(16)11(13(17)18)14(2,3)4/h6-8,11H,5,9H2,1-4H3,(H,17,18). The Morgan fingerprint density at radius 3 is 2.42 bits per heavy atom. The summed E-state index contributed by atoms with van der Waals surface area (Å²) in [7, 11) is 0. The summed E-state index contributed by atoms with van der Waals surface area (Å²) in [5.74, 6) is -2.37. The average molecular weight is 283 g/mol. The number of carboxylic acids is 1. The SMILES string of the molecule is CCN(Cc1cccs1)C(=O)C(C(=O)O)C(C)(C)C. The molecule has 0 saturated heterocycles. The van der Waals surface area contributed by atoms with Crippen molar-refractivity contribution in [3.05, 3.63) is 22.4 Å². The van der Waals surface area contributed by atoms with Crippen molar-refractivity contribution >= 4 is 23.2 Å². The molecule has 0 aromatic carbocycles. The van der Waals surface area contributed by atoms with Crippen LogP contribution in [0.25, 0.3) is 0 Å². The monoisotopic (exact) mass is 283 g/mol. The van der Waals surface area contributed by atoms with Gasteiger partial charge in [-0.2, -0.15) is 0 Å². The topological polar surface area (TPSA) is 57.6 Å². The van der Waals surface area contributed by atoms with Crippen LogP contribution in [0.3, 0.4) is 0 Å². The van der Waals surface area contributed by atoms with Gasteiger partial charge in [-0.15, -0.1) is 11.3 Å². The van der Waals surface area contributed by atoms with Crippen molar-refractivity contribution in [1.82, 2.24) is 4.90 Å². The molecule has 1 unspecified atom stereocenters. The van der Waals surface area contributed by atoms with Crippen molar-refractivity contribution in [3.63, 3.8) is 0 Å². The highest BCUT2D eigenvalue weighted by Gasteiger charge is 2.39. The van der Waals surface area contributed by atoms with Gasteiger partial charge in [0.1, 0.15) is 5.92 Å². The minimum atomic E-state index is -1.05. The summed E-state index contributed by atoms with van der Waals surface area (Å²) in [5, 5.41) is 11.3. The summed E-state index contributed by atoms with van der Waals surface area (Å²) < 4.78 is 0. The first-order chi connectivity index (χ1) is 8.77. The maximum atomic E-state index is 12.4. The Morgan fingerprint density at radius 1 is 1.42 bits per heavy atom. The highest BCUT2D eigenvalue weighted by Crippen LogP contribution is 2.28. The Bertz CT molecular complexity index is 434. The van der Waals surface area contributed by atoms with Crippen molar-refractivity contribution in [2.75, 3.05) is 6.54 Å². The van der Waals surface area contributed by atoms with Crippen molar-refractivity contribution in [2.45, 2.75) is 34.2 Å². The number of hydrogen-bond donors (Lipinski definition) is 1. The lowest BCUT2D eigenvalue weighted by molar-refractivity contribution is -0.156. The minimum absolute atomic E-state index is 0.309. The summed E-state index contributed by atoms with van der Waals surface area (Å²) in [5.41, 5.74) is -0.591. The van der Waals surface area contributed by atoms with Gasteiger partial charge in [-0.25, -0.2) is 0 Å². The molecule has 1 aromatic heterocycles. The van der Waals surface area contributed by atoms with Gasteiger partial charge in [0.25, 0.3) is 0 Å². The molecule has 1 atom stereocenters. The van der Waals surface area contributed by atoms with E-state index in [0.29, 0.717) is 13.1 Å². The first kappa shape index (κ1) is 15.7. The van der Waals surface area contributed by atoms with Gasteiger partial charge in [0.05, 0.1) is 6.54 Å². The van der Waals surface area contributed by atoms with E-state index in [4.69, 9.17) is 0 Å². The Kier molecular flexibility index (Phi) is 5.11. The largest absolute Gasteiger partial charge is 0.481 e. The number of hydrogen-bond acceptors (Lipinski definition) is 3. The molecule has 106 valence electrons.